The number of hydrogen-bond donors (Lipinski definition) is 2. The lowest BCUT2D eigenvalue weighted by molar-refractivity contribution is 0.475. The maximum Gasteiger partial charge on any atom is 0.263 e. The molecule has 0 radical (unpaired) electrons. The molecule has 0 aliphatic heterocycles. The molecule has 0 atom stereocenters. The predicted molar refractivity (Wildman–Crippen MR) is 75.0 cm³/mol. The van der Waals surface area contributed by atoms with Crippen LogP contribution in [-0.4, -0.2) is 13.5 Å². The van der Waals surface area contributed by atoms with Crippen LogP contribution in [0.2, 0.25) is 5.02 Å². The summed E-state index contributed by atoms with van der Waals surface area (Å²) in [6.07, 6.45) is 0. The van der Waals surface area contributed by atoms with E-state index in [-0.39, 0.29) is 21.2 Å². The van der Waals surface area contributed by atoms with Gasteiger partial charge >= 0.3 is 0 Å². The Hall–Kier alpha value is -2.30. The lowest BCUT2D eigenvalue weighted by Crippen LogP contribution is -2.14. The van der Waals surface area contributed by atoms with E-state index >= 15 is 0 Å². The zero-order chi connectivity index (χ0) is 15.6. The third-order valence-corrected chi connectivity index (χ3v) is 4.40. The van der Waals surface area contributed by atoms with Gasteiger partial charge in [0.05, 0.1) is 22.3 Å². The molecule has 21 heavy (non-hydrogen) atoms. The topological polar surface area (TPSA) is 90.2 Å². The Kier molecular flexibility index (Phi) is 4.02. The third kappa shape index (κ3) is 3.24. The minimum absolute atomic E-state index is 0.0996. The van der Waals surface area contributed by atoms with Gasteiger partial charge in [-0.05, 0) is 30.3 Å². The maximum absolute atomic E-state index is 13.1. The van der Waals surface area contributed by atoms with Gasteiger partial charge in [0, 0.05) is 6.07 Å². The van der Waals surface area contributed by atoms with Gasteiger partial charge < -0.3 is 5.11 Å². The molecule has 0 spiro atoms. The van der Waals surface area contributed by atoms with E-state index in [9.17, 15) is 17.9 Å². The van der Waals surface area contributed by atoms with Crippen molar-refractivity contribution in [3.63, 3.8) is 0 Å². The Morgan fingerprint density at radius 2 is 1.95 bits per heavy atom. The van der Waals surface area contributed by atoms with Gasteiger partial charge in [-0.25, -0.2) is 12.8 Å². The van der Waals surface area contributed by atoms with Gasteiger partial charge in [-0.1, -0.05) is 11.6 Å². The summed E-state index contributed by atoms with van der Waals surface area (Å²) in [5.74, 6) is -1.16. The molecule has 0 saturated carbocycles. The molecule has 108 valence electrons. The smallest absolute Gasteiger partial charge is 0.263 e. The molecule has 0 aromatic heterocycles. The standard InChI is InChI=1S/C13H8ClFN2O3S/c14-10-3-1-8(7-16)5-13(10)21(19,20)17-11-6-9(15)2-4-12(11)18/h1-6,17-18H. The Morgan fingerprint density at radius 3 is 2.62 bits per heavy atom. The van der Waals surface area contributed by atoms with Crippen molar-refractivity contribution in [2.45, 2.75) is 4.90 Å². The monoisotopic (exact) mass is 326 g/mol. The Bertz CT molecular complexity index is 847. The number of phenolic OH excluding ortho intramolecular Hbond substituents is 1. The minimum atomic E-state index is -4.18. The van der Waals surface area contributed by atoms with Crippen LogP contribution < -0.4 is 4.72 Å². The molecule has 2 rings (SSSR count). The number of benzene rings is 2. The van der Waals surface area contributed by atoms with Gasteiger partial charge in [0.1, 0.15) is 16.5 Å². The number of phenols is 1. The van der Waals surface area contributed by atoms with E-state index in [4.69, 9.17) is 16.9 Å². The van der Waals surface area contributed by atoms with E-state index < -0.39 is 21.6 Å². The largest absolute Gasteiger partial charge is 0.506 e. The normalized spacial score (nSPS) is 10.9. The molecule has 2 aromatic carbocycles. The van der Waals surface area contributed by atoms with E-state index in [1.165, 1.54) is 12.1 Å². The molecule has 0 amide bonds. The molecule has 0 aliphatic carbocycles. The highest BCUT2D eigenvalue weighted by atomic mass is 35.5. The van der Waals surface area contributed by atoms with Crippen molar-refractivity contribution < 1.29 is 17.9 Å². The SMILES string of the molecule is N#Cc1ccc(Cl)c(S(=O)(=O)Nc2cc(F)ccc2O)c1. The summed E-state index contributed by atoms with van der Waals surface area (Å²) in [4.78, 5) is -0.341. The second-order valence-electron chi connectivity index (χ2n) is 4.02. The van der Waals surface area contributed by atoms with Crippen LogP contribution in [0.5, 0.6) is 5.75 Å². The Morgan fingerprint density at radius 1 is 1.24 bits per heavy atom. The molecule has 0 heterocycles. The average Bonchev–Trinajstić information content (AvgIpc) is 2.43. The fraction of sp³-hybridized carbons (Fsp3) is 0. The number of aromatic hydroxyl groups is 1. The van der Waals surface area contributed by atoms with Crippen LogP contribution in [-0.2, 0) is 10.0 Å². The van der Waals surface area contributed by atoms with Crippen LogP contribution in [0.3, 0.4) is 0 Å². The summed E-state index contributed by atoms with van der Waals surface area (Å²) in [5.41, 5.74) is -0.225. The van der Waals surface area contributed by atoms with Crippen molar-refractivity contribution in [1.82, 2.24) is 0 Å². The van der Waals surface area contributed by atoms with Crippen LogP contribution in [0.25, 0.3) is 0 Å². The summed E-state index contributed by atoms with van der Waals surface area (Å²) >= 11 is 5.81. The highest BCUT2D eigenvalue weighted by molar-refractivity contribution is 7.92. The van der Waals surface area contributed by atoms with E-state index in [0.29, 0.717) is 0 Å². The van der Waals surface area contributed by atoms with Crippen molar-refractivity contribution in [1.29, 1.82) is 5.26 Å². The third-order valence-electron chi connectivity index (χ3n) is 2.55. The minimum Gasteiger partial charge on any atom is -0.506 e. The molecule has 0 bridgehead atoms. The van der Waals surface area contributed by atoms with Crippen molar-refractivity contribution in [3.8, 4) is 11.8 Å². The number of nitrogens with one attached hydrogen (secondary N) is 1. The number of hydrogen-bond acceptors (Lipinski definition) is 4. The molecule has 0 aliphatic rings. The maximum atomic E-state index is 13.1. The Labute approximate surface area is 125 Å². The zero-order valence-corrected chi connectivity index (χ0v) is 11.9. The van der Waals surface area contributed by atoms with Crippen LogP contribution in [0.15, 0.2) is 41.3 Å². The highest BCUT2D eigenvalue weighted by Gasteiger charge is 2.20. The van der Waals surface area contributed by atoms with Crippen molar-refractivity contribution >= 4 is 27.3 Å². The van der Waals surface area contributed by atoms with Gasteiger partial charge in [-0.3, -0.25) is 4.72 Å². The van der Waals surface area contributed by atoms with Gasteiger partial charge in [0.25, 0.3) is 10.0 Å². The van der Waals surface area contributed by atoms with Gasteiger partial charge in [0.15, 0.2) is 0 Å². The predicted octanol–water partition coefficient (Wildman–Crippen LogP) is 2.86. The molecule has 5 nitrogen and oxygen atoms in total. The summed E-state index contributed by atoms with van der Waals surface area (Å²) in [6.45, 7) is 0. The highest BCUT2D eigenvalue weighted by Crippen LogP contribution is 2.29. The average molecular weight is 327 g/mol. The van der Waals surface area contributed by atoms with Crippen molar-refractivity contribution in [2.24, 2.45) is 0 Å². The molecule has 0 unspecified atom stereocenters. The second-order valence-corrected chi connectivity index (χ2v) is 6.08. The van der Waals surface area contributed by atoms with Crippen LogP contribution in [0.1, 0.15) is 5.56 Å². The summed E-state index contributed by atoms with van der Waals surface area (Å²) in [7, 11) is -4.18. The first-order valence-corrected chi connectivity index (χ1v) is 7.40. The molecular formula is C13H8ClFN2O3S. The van der Waals surface area contributed by atoms with Crippen molar-refractivity contribution in [3.05, 3.63) is 52.8 Å². The van der Waals surface area contributed by atoms with E-state index in [1.54, 1.807) is 6.07 Å². The first-order valence-electron chi connectivity index (χ1n) is 5.54. The first-order chi connectivity index (χ1) is 9.83. The number of anilines is 1. The molecule has 8 heteroatoms. The first kappa shape index (κ1) is 15.1. The van der Waals surface area contributed by atoms with Crippen LogP contribution >= 0.6 is 11.6 Å². The number of halogens is 2. The molecule has 2 aromatic rings. The van der Waals surface area contributed by atoms with E-state index in [0.717, 1.165) is 24.3 Å². The van der Waals surface area contributed by atoms with Gasteiger partial charge in [-0.2, -0.15) is 5.26 Å². The van der Waals surface area contributed by atoms with Crippen LogP contribution in [0, 0.1) is 17.1 Å². The van der Waals surface area contributed by atoms with Gasteiger partial charge in [-0.15, -0.1) is 0 Å². The van der Waals surface area contributed by atoms with Crippen LogP contribution in [0.4, 0.5) is 10.1 Å². The van der Waals surface area contributed by atoms with E-state index in [2.05, 4.69) is 0 Å². The summed E-state index contributed by atoms with van der Waals surface area (Å²) in [6, 6.07) is 8.33. The zero-order valence-electron chi connectivity index (χ0n) is 10.3. The summed E-state index contributed by atoms with van der Waals surface area (Å²) in [5, 5.41) is 18.2. The van der Waals surface area contributed by atoms with E-state index in [1.807, 2.05) is 4.72 Å². The fourth-order valence-electron chi connectivity index (χ4n) is 1.57. The lowest BCUT2D eigenvalue weighted by atomic mass is 10.2. The number of nitriles is 1. The van der Waals surface area contributed by atoms with Gasteiger partial charge in [0.2, 0.25) is 0 Å². The quantitative estimate of drug-likeness (QED) is 0.849. The Balaban J connectivity index is 2.48. The lowest BCUT2D eigenvalue weighted by Gasteiger charge is -2.11. The second kappa shape index (κ2) is 5.60. The number of rotatable bonds is 3. The van der Waals surface area contributed by atoms with Crippen molar-refractivity contribution in [2.75, 3.05) is 4.72 Å². The molecular weight excluding hydrogens is 319 g/mol. The number of sulfonamides is 1. The fourth-order valence-corrected chi connectivity index (χ4v) is 3.16. The summed E-state index contributed by atoms with van der Waals surface area (Å²) < 4.78 is 39.6. The molecule has 0 fully saturated rings. The molecule has 2 N–H and O–H groups in total. The molecule has 0 saturated heterocycles. The number of nitrogens with zero attached hydrogens (tertiary/aromatic N) is 1.